The quantitative estimate of drug-likeness (QED) is 0.231. The first kappa shape index (κ1) is 26.0. The summed E-state index contributed by atoms with van der Waals surface area (Å²) in [5.41, 5.74) is 1.87. The van der Waals surface area contributed by atoms with Crippen LogP contribution in [0.4, 0.5) is 0 Å². The second-order valence-electron chi connectivity index (χ2n) is 10.1. The molecular formula is C30H32O6P2. The molecule has 6 nitrogen and oxygen atoms in total. The highest BCUT2D eigenvalue weighted by molar-refractivity contribution is 7.42. The molecule has 2 heterocycles. The van der Waals surface area contributed by atoms with Crippen LogP contribution in [0.2, 0.25) is 0 Å². The van der Waals surface area contributed by atoms with Gasteiger partial charge in [-0.15, -0.1) is 0 Å². The normalized spacial score (nSPS) is 27.9. The van der Waals surface area contributed by atoms with E-state index in [0.29, 0.717) is 11.5 Å². The number of hydrogen-bond donors (Lipinski definition) is 0. The lowest BCUT2D eigenvalue weighted by molar-refractivity contribution is 0.0489. The Morgan fingerprint density at radius 3 is 1.29 bits per heavy atom. The number of benzene rings is 4. The van der Waals surface area contributed by atoms with E-state index in [-0.39, 0.29) is 24.4 Å². The van der Waals surface area contributed by atoms with Gasteiger partial charge in [0.25, 0.3) is 0 Å². The van der Waals surface area contributed by atoms with Gasteiger partial charge >= 0.3 is 17.2 Å². The summed E-state index contributed by atoms with van der Waals surface area (Å²) in [6, 6.07) is 24.8. The minimum absolute atomic E-state index is 0.0672. The van der Waals surface area contributed by atoms with Crippen LogP contribution in [0.25, 0.3) is 32.7 Å². The molecule has 0 amide bonds. The molecule has 198 valence electrons. The third-order valence-corrected chi connectivity index (χ3v) is 9.59. The molecule has 2 saturated heterocycles. The zero-order valence-electron chi connectivity index (χ0n) is 22.0. The number of hydrogen-bond acceptors (Lipinski definition) is 6. The summed E-state index contributed by atoms with van der Waals surface area (Å²) in [4.78, 5) is 0. The Hall–Kier alpha value is -2.30. The molecule has 4 aromatic rings. The topological polar surface area (TPSA) is 55.4 Å². The van der Waals surface area contributed by atoms with Gasteiger partial charge in [0.2, 0.25) is 0 Å². The van der Waals surface area contributed by atoms with E-state index in [1.54, 1.807) is 0 Å². The van der Waals surface area contributed by atoms with Crippen molar-refractivity contribution in [3.63, 3.8) is 0 Å². The highest BCUT2D eigenvalue weighted by Crippen LogP contribution is 2.55. The van der Waals surface area contributed by atoms with Gasteiger partial charge in [-0.2, -0.15) is 0 Å². The van der Waals surface area contributed by atoms with Crippen LogP contribution >= 0.6 is 17.2 Å². The third-order valence-electron chi connectivity index (χ3n) is 6.77. The van der Waals surface area contributed by atoms with Gasteiger partial charge in [0.05, 0.1) is 24.4 Å². The summed E-state index contributed by atoms with van der Waals surface area (Å²) in [5.74, 6) is 1.38. The summed E-state index contributed by atoms with van der Waals surface area (Å²) in [6.07, 6.45) is 1.95. The molecule has 4 aromatic carbocycles. The summed E-state index contributed by atoms with van der Waals surface area (Å²) < 4.78 is 37.4. The van der Waals surface area contributed by atoms with Gasteiger partial charge in [-0.1, -0.05) is 60.7 Å². The van der Waals surface area contributed by atoms with Crippen LogP contribution in [0.5, 0.6) is 11.5 Å². The largest absolute Gasteiger partial charge is 0.426 e. The van der Waals surface area contributed by atoms with Crippen LogP contribution in [-0.2, 0) is 18.1 Å². The van der Waals surface area contributed by atoms with Crippen molar-refractivity contribution in [2.24, 2.45) is 0 Å². The summed E-state index contributed by atoms with van der Waals surface area (Å²) in [7, 11) is -3.11. The van der Waals surface area contributed by atoms with Crippen molar-refractivity contribution in [1.29, 1.82) is 0 Å². The first-order chi connectivity index (χ1) is 18.4. The van der Waals surface area contributed by atoms with Crippen LogP contribution in [0, 0.1) is 0 Å². The van der Waals surface area contributed by atoms with Crippen molar-refractivity contribution < 1.29 is 27.1 Å². The molecule has 2 aliphatic rings. The van der Waals surface area contributed by atoms with Gasteiger partial charge in [0, 0.05) is 24.0 Å². The van der Waals surface area contributed by atoms with Crippen molar-refractivity contribution in [2.45, 2.75) is 65.0 Å². The maximum Gasteiger partial charge on any atom is 0.397 e. The predicted octanol–water partition coefficient (Wildman–Crippen LogP) is 9.30. The van der Waals surface area contributed by atoms with Gasteiger partial charge in [-0.25, -0.2) is 0 Å². The Morgan fingerprint density at radius 1 is 0.526 bits per heavy atom. The Kier molecular flexibility index (Phi) is 7.55. The van der Waals surface area contributed by atoms with Gasteiger partial charge in [-0.05, 0) is 61.4 Å². The molecule has 0 bridgehead atoms. The van der Waals surface area contributed by atoms with Crippen molar-refractivity contribution in [3.8, 4) is 22.6 Å². The maximum atomic E-state index is 6.53. The van der Waals surface area contributed by atoms with Gasteiger partial charge in [-0.3, -0.25) is 18.1 Å². The van der Waals surface area contributed by atoms with Crippen molar-refractivity contribution in [3.05, 3.63) is 72.8 Å². The van der Waals surface area contributed by atoms with Gasteiger partial charge < -0.3 is 9.05 Å². The molecule has 0 spiro atoms. The molecule has 6 rings (SSSR count). The summed E-state index contributed by atoms with van der Waals surface area (Å²) in [6.45, 7) is 8.24. The molecule has 0 saturated carbocycles. The van der Waals surface area contributed by atoms with E-state index in [4.69, 9.17) is 27.1 Å². The second kappa shape index (κ2) is 11.1. The Bertz CT molecular complexity index is 1320. The van der Waals surface area contributed by atoms with Crippen molar-refractivity contribution >= 4 is 38.7 Å². The minimum atomic E-state index is -1.56. The van der Waals surface area contributed by atoms with Crippen molar-refractivity contribution in [1.82, 2.24) is 0 Å². The minimum Gasteiger partial charge on any atom is -0.426 e. The van der Waals surface area contributed by atoms with Gasteiger partial charge in [0.15, 0.2) is 0 Å². The van der Waals surface area contributed by atoms with Crippen LogP contribution < -0.4 is 9.05 Å². The molecule has 4 atom stereocenters. The van der Waals surface area contributed by atoms with E-state index in [1.165, 1.54) is 0 Å². The zero-order chi connectivity index (χ0) is 26.2. The smallest absolute Gasteiger partial charge is 0.397 e. The molecule has 38 heavy (non-hydrogen) atoms. The molecule has 0 unspecified atom stereocenters. The highest BCUT2D eigenvalue weighted by Gasteiger charge is 2.32. The Morgan fingerprint density at radius 2 is 0.895 bits per heavy atom. The molecular weight excluding hydrogens is 518 g/mol. The van der Waals surface area contributed by atoms with Crippen LogP contribution in [0.15, 0.2) is 72.8 Å². The molecule has 0 aliphatic carbocycles. The summed E-state index contributed by atoms with van der Waals surface area (Å²) in [5, 5.41) is 4.32. The fraction of sp³-hybridized carbons (Fsp3) is 0.333. The van der Waals surface area contributed by atoms with Crippen LogP contribution in [-0.4, -0.2) is 24.4 Å². The number of fused-ring (bicyclic) bond motifs is 2. The lowest BCUT2D eigenvalue weighted by atomic mass is 9.92. The SMILES string of the molecule is C[C@@H]1C[C@@H](C)OP(Oc2ccc3ccccc3c2-c2c(OP3O[C@H](C)C[C@@H](C)O3)ccc3ccccc23)O1. The van der Waals surface area contributed by atoms with E-state index < -0.39 is 17.2 Å². The van der Waals surface area contributed by atoms with E-state index in [0.717, 1.165) is 45.5 Å². The molecule has 8 heteroatoms. The third kappa shape index (κ3) is 5.40. The van der Waals surface area contributed by atoms with Crippen LogP contribution in [0.3, 0.4) is 0 Å². The van der Waals surface area contributed by atoms with Crippen molar-refractivity contribution in [2.75, 3.05) is 0 Å². The van der Waals surface area contributed by atoms with E-state index >= 15 is 0 Å². The van der Waals surface area contributed by atoms with Crippen LogP contribution in [0.1, 0.15) is 40.5 Å². The molecule has 2 aliphatic heterocycles. The van der Waals surface area contributed by atoms with E-state index in [1.807, 2.05) is 36.4 Å². The molecule has 0 N–H and O–H groups in total. The lowest BCUT2D eigenvalue weighted by Crippen LogP contribution is -2.23. The fourth-order valence-electron chi connectivity index (χ4n) is 5.16. The lowest BCUT2D eigenvalue weighted by Gasteiger charge is -2.32. The van der Waals surface area contributed by atoms with E-state index in [9.17, 15) is 0 Å². The standard InChI is InChI=1S/C30H32O6P2/c1-19-17-20(2)32-37(31-19)35-27-15-13-23-9-5-7-11-25(23)29(27)30-26-12-8-6-10-24(26)14-16-28(30)36-38-33-21(3)18-22(4)34-38/h5-16,19-22H,17-18H2,1-4H3/t19-,20-,21-,22-/m1/s1. The fourth-order valence-corrected chi connectivity index (χ4v) is 7.58. The predicted molar refractivity (Wildman–Crippen MR) is 153 cm³/mol. The first-order valence-electron chi connectivity index (χ1n) is 13.1. The maximum absolute atomic E-state index is 6.53. The Balaban J connectivity index is 1.52. The summed E-state index contributed by atoms with van der Waals surface area (Å²) >= 11 is 0. The average molecular weight is 551 g/mol. The zero-order valence-corrected chi connectivity index (χ0v) is 23.8. The van der Waals surface area contributed by atoms with E-state index in [2.05, 4.69) is 64.1 Å². The second-order valence-corrected chi connectivity index (χ2v) is 12.2. The molecule has 0 aromatic heterocycles. The first-order valence-corrected chi connectivity index (χ1v) is 15.3. The van der Waals surface area contributed by atoms with Gasteiger partial charge in [0.1, 0.15) is 11.5 Å². The Labute approximate surface area is 226 Å². The monoisotopic (exact) mass is 550 g/mol. The number of rotatable bonds is 5. The average Bonchev–Trinajstić information content (AvgIpc) is 2.88. The molecule has 2 fully saturated rings. The highest BCUT2D eigenvalue weighted by atomic mass is 31.2. The molecule has 0 radical (unpaired) electrons.